The number of aromatic nitrogens is 2. The molecule has 0 aliphatic carbocycles. The van der Waals surface area contributed by atoms with Gasteiger partial charge in [0.05, 0.1) is 0 Å². The Labute approximate surface area is 163 Å². The predicted molar refractivity (Wildman–Crippen MR) is 106 cm³/mol. The van der Waals surface area contributed by atoms with Crippen molar-refractivity contribution in [3.05, 3.63) is 62.5 Å². The molecule has 3 rings (SSSR count). The number of hydrogen-bond donors (Lipinski definition) is 1. The molecule has 0 spiro atoms. The van der Waals surface area contributed by atoms with Crippen molar-refractivity contribution in [3.63, 3.8) is 0 Å². The van der Waals surface area contributed by atoms with E-state index in [9.17, 15) is 4.79 Å². The van der Waals surface area contributed by atoms with Crippen molar-refractivity contribution >= 4 is 45.8 Å². The van der Waals surface area contributed by atoms with E-state index in [0.29, 0.717) is 28.8 Å². The van der Waals surface area contributed by atoms with Gasteiger partial charge in [0.2, 0.25) is 17.6 Å². The molecule has 0 bridgehead atoms. The molecule has 1 N–H and O–H groups in total. The van der Waals surface area contributed by atoms with Crippen LogP contribution in [0.2, 0.25) is 5.02 Å². The van der Waals surface area contributed by atoms with Crippen molar-refractivity contribution < 1.29 is 9.32 Å². The first-order valence-electron chi connectivity index (χ1n) is 7.66. The van der Waals surface area contributed by atoms with Crippen LogP contribution >= 0.6 is 34.2 Å². The van der Waals surface area contributed by atoms with Crippen molar-refractivity contribution in [1.29, 1.82) is 0 Å². The Morgan fingerprint density at radius 2 is 2.00 bits per heavy atom. The van der Waals surface area contributed by atoms with E-state index in [0.717, 1.165) is 14.7 Å². The van der Waals surface area contributed by atoms with Crippen LogP contribution in [0.4, 0.5) is 5.69 Å². The molecular formula is C18H15ClIN3O2. The standard InChI is InChI=1S/C18H15ClIN3O2/c1-11-2-7-14(10-15(11)19)21-16(24)8-9-17-22-18(23-25-17)12-3-5-13(20)6-4-12/h2-7,10H,8-9H2,1H3,(H,21,24). The monoisotopic (exact) mass is 467 g/mol. The summed E-state index contributed by atoms with van der Waals surface area (Å²) in [5, 5.41) is 7.39. The van der Waals surface area contributed by atoms with Gasteiger partial charge < -0.3 is 9.84 Å². The fourth-order valence-corrected chi connectivity index (χ4v) is 2.73. The summed E-state index contributed by atoms with van der Waals surface area (Å²) >= 11 is 8.29. The Kier molecular flexibility index (Phi) is 5.70. The minimum Gasteiger partial charge on any atom is -0.339 e. The number of amides is 1. The van der Waals surface area contributed by atoms with Gasteiger partial charge >= 0.3 is 0 Å². The first-order valence-corrected chi connectivity index (χ1v) is 9.11. The largest absolute Gasteiger partial charge is 0.339 e. The molecule has 0 saturated heterocycles. The molecule has 0 aliphatic heterocycles. The van der Waals surface area contributed by atoms with Crippen LogP contribution in [-0.2, 0) is 11.2 Å². The second-order valence-corrected chi connectivity index (χ2v) is 7.18. The van der Waals surface area contributed by atoms with Crippen LogP contribution < -0.4 is 5.32 Å². The Balaban J connectivity index is 1.57. The summed E-state index contributed by atoms with van der Waals surface area (Å²) in [5.74, 6) is 0.830. The molecule has 0 atom stereocenters. The van der Waals surface area contributed by atoms with Gasteiger partial charge in [0.1, 0.15) is 0 Å². The number of halogens is 2. The Morgan fingerprint density at radius 3 is 2.72 bits per heavy atom. The highest BCUT2D eigenvalue weighted by molar-refractivity contribution is 14.1. The fourth-order valence-electron chi connectivity index (χ4n) is 2.19. The van der Waals surface area contributed by atoms with Crippen LogP contribution in [0, 0.1) is 10.5 Å². The lowest BCUT2D eigenvalue weighted by molar-refractivity contribution is -0.116. The van der Waals surface area contributed by atoms with Gasteiger partial charge in [-0.3, -0.25) is 4.79 Å². The van der Waals surface area contributed by atoms with Gasteiger partial charge in [0, 0.05) is 32.7 Å². The zero-order valence-electron chi connectivity index (χ0n) is 13.4. The third-order valence-corrected chi connectivity index (χ3v) is 4.72. The molecule has 3 aromatic rings. The molecule has 0 saturated carbocycles. The molecule has 1 heterocycles. The SMILES string of the molecule is Cc1ccc(NC(=O)CCc2nc(-c3ccc(I)cc3)no2)cc1Cl. The second-order valence-electron chi connectivity index (χ2n) is 5.53. The van der Waals surface area contributed by atoms with Gasteiger partial charge in [0.25, 0.3) is 0 Å². The molecule has 2 aromatic carbocycles. The average Bonchev–Trinajstić information content (AvgIpc) is 3.06. The van der Waals surface area contributed by atoms with Gasteiger partial charge in [-0.05, 0) is 59.3 Å². The predicted octanol–water partition coefficient (Wildman–Crippen LogP) is 4.87. The van der Waals surface area contributed by atoms with Gasteiger partial charge in [-0.25, -0.2) is 0 Å². The van der Waals surface area contributed by atoms with Gasteiger partial charge in [0.15, 0.2) is 0 Å². The van der Waals surface area contributed by atoms with Crippen LogP contribution in [0.5, 0.6) is 0 Å². The molecule has 0 fully saturated rings. The van der Waals surface area contributed by atoms with Crippen molar-refractivity contribution in [1.82, 2.24) is 10.1 Å². The molecular weight excluding hydrogens is 453 g/mol. The van der Waals surface area contributed by atoms with E-state index in [-0.39, 0.29) is 12.3 Å². The van der Waals surface area contributed by atoms with Crippen molar-refractivity contribution in [2.45, 2.75) is 19.8 Å². The molecule has 0 radical (unpaired) electrons. The number of anilines is 1. The number of hydrogen-bond acceptors (Lipinski definition) is 4. The summed E-state index contributed by atoms with van der Waals surface area (Å²) in [7, 11) is 0. The number of carbonyl (C=O) groups excluding carboxylic acids is 1. The van der Waals surface area contributed by atoms with E-state index in [1.165, 1.54) is 0 Å². The fraction of sp³-hybridized carbons (Fsp3) is 0.167. The van der Waals surface area contributed by atoms with Crippen LogP contribution in [0.15, 0.2) is 47.0 Å². The lowest BCUT2D eigenvalue weighted by Gasteiger charge is -2.06. The van der Waals surface area contributed by atoms with E-state index < -0.39 is 0 Å². The van der Waals surface area contributed by atoms with Crippen LogP contribution in [0.3, 0.4) is 0 Å². The average molecular weight is 468 g/mol. The number of nitrogens with one attached hydrogen (secondary N) is 1. The van der Waals surface area contributed by atoms with Gasteiger partial charge in [-0.2, -0.15) is 4.98 Å². The number of aryl methyl sites for hydroxylation is 2. The van der Waals surface area contributed by atoms with Crippen LogP contribution in [0.25, 0.3) is 11.4 Å². The third-order valence-electron chi connectivity index (χ3n) is 3.59. The lowest BCUT2D eigenvalue weighted by Crippen LogP contribution is -2.12. The summed E-state index contributed by atoms with van der Waals surface area (Å²) in [5.41, 5.74) is 2.52. The normalized spacial score (nSPS) is 10.7. The van der Waals surface area contributed by atoms with Crippen LogP contribution in [-0.4, -0.2) is 16.0 Å². The molecule has 7 heteroatoms. The zero-order valence-corrected chi connectivity index (χ0v) is 16.3. The quantitative estimate of drug-likeness (QED) is 0.543. The highest BCUT2D eigenvalue weighted by Gasteiger charge is 2.11. The number of carbonyl (C=O) groups is 1. The van der Waals surface area contributed by atoms with E-state index in [1.807, 2.05) is 43.3 Å². The number of rotatable bonds is 5. The minimum absolute atomic E-state index is 0.131. The van der Waals surface area contributed by atoms with Crippen LogP contribution in [0.1, 0.15) is 17.9 Å². The van der Waals surface area contributed by atoms with Gasteiger partial charge in [-0.15, -0.1) is 0 Å². The summed E-state index contributed by atoms with van der Waals surface area (Å²) in [6.45, 7) is 1.91. The number of nitrogens with zero attached hydrogens (tertiary/aromatic N) is 2. The zero-order chi connectivity index (χ0) is 17.8. The van der Waals surface area contributed by atoms with E-state index >= 15 is 0 Å². The maximum absolute atomic E-state index is 12.1. The van der Waals surface area contributed by atoms with Crippen molar-refractivity contribution in [2.24, 2.45) is 0 Å². The molecule has 128 valence electrons. The molecule has 0 unspecified atom stereocenters. The lowest BCUT2D eigenvalue weighted by atomic mass is 10.2. The molecule has 0 aliphatic rings. The summed E-state index contributed by atoms with van der Waals surface area (Å²) in [6.07, 6.45) is 0.628. The van der Waals surface area contributed by atoms with E-state index in [4.69, 9.17) is 16.1 Å². The molecule has 5 nitrogen and oxygen atoms in total. The minimum atomic E-state index is -0.131. The Bertz CT molecular complexity index is 894. The maximum Gasteiger partial charge on any atom is 0.227 e. The summed E-state index contributed by atoms with van der Waals surface area (Å²) in [4.78, 5) is 16.4. The Morgan fingerprint density at radius 1 is 1.24 bits per heavy atom. The smallest absolute Gasteiger partial charge is 0.227 e. The van der Waals surface area contributed by atoms with Gasteiger partial charge in [-0.1, -0.05) is 35.0 Å². The highest BCUT2D eigenvalue weighted by atomic mass is 127. The van der Waals surface area contributed by atoms with E-state index in [1.54, 1.807) is 6.07 Å². The summed E-state index contributed by atoms with van der Waals surface area (Å²) in [6, 6.07) is 13.2. The van der Waals surface area contributed by atoms with E-state index in [2.05, 4.69) is 38.0 Å². The number of benzene rings is 2. The highest BCUT2D eigenvalue weighted by Crippen LogP contribution is 2.20. The summed E-state index contributed by atoms with van der Waals surface area (Å²) < 4.78 is 6.36. The molecule has 25 heavy (non-hydrogen) atoms. The first-order chi connectivity index (χ1) is 12.0. The van der Waals surface area contributed by atoms with Crippen molar-refractivity contribution in [3.8, 4) is 11.4 Å². The second kappa shape index (κ2) is 7.97. The first kappa shape index (κ1) is 17.9. The maximum atomic E-state index is 12.1. The Hall–Kier alpha value is -1.93. The molecule has 1 aromatic heterocycles. The molecule has 1 amide bonds. The van der Waals surface area contributed by atoms with Crippen molar-refractivity contribution in [2.75, 3.05) is 5.32 Å². The third kappa shape index (κ3) is 4.79. The topological polar surface area (TPSA) is 68.0 Å².